The highest BCUT2D eigenvalue weighted by molar-refractivity contribution is 6.31. The third-order valence-electron chi connectivity index (χ3n) is 2.63. The molecule has 2 aromatic rings. The van der Waals surface area contributed by atoms with Gasteiger partial charge in [0.1, 0.15) is 12.4 Å². The molecule has 0 fully saturated rings. The summed E-state index contributed by atoms with van der Waals surface area (Å²) in [5.74, 6) is 0.577. The molecule has 2 aromatic carbocycles. The lowest BCUT2D eigenvalue weighted by atomic mass is 10.2. The molecule has 2 rings (SSSR count). The molecule has 0 radical (unpaired) electrons. The molecular weight excluding hydrogens is 288 g/mol. The van der Waals surface area contributed by atoms with Gasteiger partial charge in [-0.1, -0.05) is 41.9 Å². The lowest BCUT2D eigenvalue weighted by Crippen LogP contribution is -2.21. The summed E-state index contributed by atoms with van der Waals surface area (Å²) in [5.41, 5.74) is 12.1. The molecule has 108 valence electrons. The van der Waals surface area contributed by atoms with Gasteiger partial charge in [-0.05, 0) is 18.2 Å². The van der Waals surface area contributed by atoms with Crippen LogP contribution in [0, 0.1) is 0 Å². The molecular formula is C15H15ClN4O. The average molecular weight is 303 g/mol. The number of rotatable bonds is 5. The summed E-state index contributed by atoms with van der Waals surface area (Å²) in [4.78, 5) is 0. The minimum absolute atomic E-state index is 0.0966. The van der Waals surface area contributed by atoms with Crippen LogP contribution in [0.2, 0.25) is 5.02 Å². The second-order valence-corrected chi connectivity index (χ2v) is 4.59. The maximum atomic E-state index is 6.10. The van der Waals surface area contributed by atoms with Crippen molar-refractivity contribution in [1.82, 2.24) is 0 Å². The van der Waals surface area contributed by atoms with Crippen molar-refractivity contribution in [3.63, 3.8) is 0 Å². The Kier molecular flexibility index (Phi) is 5.17. The van der Waals surface area contributed by atoms with Crippen LogP contribution in [0.15, 0.2) is 58.7 Å². The van der Waals surface area contributed by atoms with Crippen LogP contribution in [0.4, 0.5) is 0 Å². The first-order valence-corrected chi connectivity index (χ1v) is 6.62. The summed E-state index contributed by atoms with van der Waals surface area (Å²) in [5, 5.41) is 8.01. The van der Waals surface area contributed by atoms with Crippen molar-refractivity contribution in [3.05, 3.63) is 64.7 Å². The van der Waals surface area contributed by atoms with E-state index in [0.717, 1.165) is 11.1 Å². The van der Waals surface area contributed by atoms with Gasteiger partial charge in [0.05, 0.1) is 6.21 Å². The molecule has 21 heavy (non-hydrogen) atoms. The molecule has 0 bridgehead atoms. The lowest BCUT2D eigenvalue weighted by Gasteiger charge is -2.09. The van der Waals surface area contributed by atoms with Crippen molar-refractivity contribution in [2.75, 3.05) is 0 Å². The second-order valence-electron chi connectivity index (χ2n) is 4.19. The summed E-state index contributed by atoms with van der Waals surface area (Å²) in [6.45, 7) is 0.368. The highest BCUT2D eigenvalue weighted by Crippen LogP contribution is 2.20. The molecule has 0 atom stereocenters. The third-order valence-corrected chi connectivity index (χ3v) is 3.00. The highest BCUT2D eigenvalue weighted by atomic mass is 35.5. The summed E-state index contributed by atoms with van der Waals surface area (Å²) in [7, 11) is 0. The maximum Gasteiger partial charge on any atom is 0.211 e. The van der Waals surface area contributed by atoms with Crippen LogP contribution in [-0.4, -0.2) is 12.2 Å². The zero-order valence-electron chi connectivity index (χ0n) is 11.2. The monoisotopic (exact) mass is 302 g/mol. The number of nitrogens with two attached hydrogens (primary N) is 2. The zero-order chi connectivity index (χ0) is 15.1. The molecule has 0 saturated carbocycles. The van der Waals surface area contributed by atoms with Crippen molar-refractivity contribution < 1.29 is 4.74 Å². The molecule has 5 nitrogen and oxygen atoms in total. The topological polar surface area (TPSA) is 86.0 Å². The van der Waals surface area contributed by atoms with E-state index in [9.17, 15) is 0 Å². The van der Waals surface area contributed by atoms with E-state index in [1.165, 1.54) is 6.21 Å². The Morgan fingerprint density at radius 2 is 1.81 bits per heavy atom. The normalized spacial score (nSPS) is 10.5. The molecule has 0 saturated heterocycles. The molecule has 6 heteroatoms. The molecule has 0 aliphatic rings. The van der Waals surface area contributed by atoms with E-state index in [1.807, 2.05) is 48.5 Å². The fraction of sp³-hybridized carbons (Fsp3) is 0.0667. The van der Waals surface area contributed by atoms with E-state index in [0.29, 0.717) is 17.4 Å². The van der Waals surface area contributed by atoms with Crippen LogP contribution in [0.25, 0.3) is 0 Å². The van der Waals surface area contributed by atoms with Crippen LogP contribution < -0.4 is 16.2 Å². The summed E-state index contributed by atoms with van der Waals surface area (Å²) in [6, 6.07) is 15.0. The quantitative estimate of drug-likeness (QED) is 0.505. The van der Waals surface area contributed by atoms with Gasteiger partial charge in [0, 0.05) is 16.1 Å². The van der Waals surface area contributed by atoms with E-state index in [4.69, 9.17) is 27.8 Å². The Bertz CT molecular complexity index is 666. The number of halogens is 1. The van der Waals surface area contributed by atoms with Crippen LogP contribution in [-0.2, 0) is 6.61 Å². The van der Waals surface area contributed by atoms with Gasteiger partial charge in [-0.25, -0.2) is 0 Å². The number of hydrogen-bond acceptors (Lipinski definition) is 3. The van der Waals surface area contributed by atoms with Gasteiger partial charge in [0.25, 0.3) is 0 Å². The van der Waals surface area contributed by atoms with Crippen LogP contribution in [0.5, 0.6) is 5.75 Å². The number of hydrogen-bond donors (Lipinski definition) is 2. The first-order chi connectivity index (χ1) is 10.2. The Balaban J connectivity index is 2.12. The van der Waals surface area contributed by atoms with Crippen molar-refractivity contribution in [1.29, 1.82) is 0 Å². The summed E-state index contributed by atoms with van der Waals surface area (Å²) >= 11 is 6.10. The van der Waals surface area contributed by atoms with Gasteiger partial charge in [-0.15, -0.1) is 5.10 Å². The fourth-order valence-corrected chi connectivity index (χ4v) is 1.84. The van der Waals surface area contributed by atoms with E-state index in [-0.39, 0.29) is 5.96 Å². The fourth-order valence-electron chi connectivity index (χ4n) is 1.65. The molecule has 4 N–H and O–H groups in total. The highest BCUT2D eigenvalue weighted by Gasteiger charge is 2.03. The maximum absolute atomic E-state index is 6.10. The van der Waals surface area contributed by atoms with Crippen LogP contribution >= 0.6 is 11.6 Å². The summed E-state index contributed by atoms with van der Waals surface area (Å²) < 4.78 is 5.77. The predicted molar refractivity (Wildman–Crippen MR) is 85.6 cm³/mol. The second kappa shape index (κ2) is 7.31. The molecule has 0 amide bonds. The van der Waals surface area contributed by atoms with Crippen molar-refractivity contribution in [2.45, 2.75) is 6.61 Å². The smallest absolute Gasteiger partial charge is 0.211 e. The van der Waals surface area contributed by atoms with Gasteiger partial charge in [0.2, 0.25) is 5.96 Å². The Hall–Kier alpha value is -2.53. The SMILES string of the molecule is NC(N)=N/N=C/c1ccccc1OCc1ccccc1Cl. The van der Waals surface area contributed by atoms with Crippen molar-refractivity contribution in [3.8, 4) is 5.75 Å². The molecule has 0 heterocycles. The molecule has 0 aliphatic carbocycles. The summed E-state index contributed by atoms with van der Waals surface area (Å²) in [6.07, 6.45) is 1.53. The largest absolute Gasteiger partial charge is 0.488 e. The predicted octanol–water partition coefficient (Wildman–Crippen LogP) is 2.53. The Labute approximate surface area is 127 Å². The van der Waals surface area contributed by atoms with Crippen LogP contribution in [0.1, 0.15) is 11.1 Å². The Morgan fingerprint density at radius 1 is 1.10 bits per heavy atom. The van der Waals surface area contributed by atoms with Gasteiger partial charge in [0.15, 0.2) is 0 Å². The van der Waals surface area contributed by atoms with Gasteiger partial charge in [-0.2, -0.15) is 5.10 Å². The molecule has 0 spiro atoms. The van der Waals surface area contributed by atoms with Crippen LogP contribution in [0.3, 0.4) is 0 Å². The number of para-hydroxylation sites is 1. The van der Waals surface area contributed by atoms with E-state index >= 15 is 0 Å². The third kappa shape index (κ3) is 4.50. The molecule has 0 unspecified atom stereocenters. The number of guanidine groups is 1. The number of nitrogens with zero attached hydrogens (tertiary/aromatic N) is 2. The Morgan fingerprint density at radius 3 is 2.57 bits per heavy atom. The van der Waals surface area contributed by atoms with Crippen molar-refractivity contribution >= 4 is 23.8 Å². The minimum Gasteiger partial charge on any atom is -0.488 e. The number of benzene rings is 2. The molecule has 0 aromatic heterocycles. The van der Waals surface area contributed by atoms with Crippen molar-refractivity contribution in [2.24, 2.45) is 21.7 Å². The van der Waals surface area contributed by atoms with E-state index in [2.05, 4.69) is 10.2 Å². The van der Waals surface area contributed by atoms with E-state index < -0.39 is 0 Å². The first-order valence-electron chi connectivity index (χ1n) is 6.24. The first kappa shape index (κ1) is 14.9. The van der Waals surface area contributed by atoms with E-state index in [1.54, 1.807) is 0 Å². The minimum atomic E-state index is -0.0966. The van der Waals surface area contributed by atoms with Gasteiger partial charge in [-0.3, -0.25) is 0 Å². The van der Waals surface area contributed by atoms with Gasteiger partial charge < -0.3 is 16.2 Å². The molecule has 0 aliphatic heterocycles. The number of ether oxygens (including phenoxy) is 1. The zero-order valence-corrected chi connectivity index (χ0v) is 12.0. The van der Waals surface area contributed by atoms with Gasteiger partial charge >= 0.3 is 0 Å². The standard InChI is InChI=1S/C15H15ClN4O/c16-13-7-3-1-6-12(13)10-21-14-8-4-2-5-11(14)9-19-20-15(17)18/h1-9H,10H2,(H4,17,18,20)/b19-9+. The average Bonchev–Trinajstić information content (AvgIpc) is 2.47. The lowest BCUT2D eigenvalue weighted by molar-refractivity contribution is 0.306.